The number of fused-ring (bicyclic) bond motifs is 1. The van der Waals surface area contributed by atoms with E-state index in [0.29, 0.717) is 25.9 Å². The Morgan fingerprint density at radius 2 is 2.14 bits per heavy atom. The van der Waals surface area contributed by atoms with Crippen LogP contribution in [0.3, 0.4) is 0 Å². The van der Waals surface area contributed by atoms with Gasteiger partial charge in [0.05, 0.1) is 11.5 Å². The zero-order chi connectivity index (χ0) is 15.5. The lowest BCUT2D eigenvalue weighted by atomic mass is 9.71. The molecule has 0 aromatic heterocycles. The summed E-state index contributed by atoms with van der Waals surface area (Å²) in [7, 11) is 0. The Morgan fingerprint density at radius 1 is 1.38 bits per heavy atom. The molecule has 120 valence electrons. The minimum absolute atomic E-state index is 0.159. The maximum Gasteiger partial charge on any atom is 0.317 e. The molecule has 3 unspecified atom stereocenters. The first-order chi connectivity index (χ1) is 9.96. The molecule has 0 radical (unpaired) electrons. The van der Waals surface area contributed by atoms with Gasteiger partial charge in [-0.3, -0.25) is 4.79 Å². The zero-order valence-electron chi connectivity index (χ0n) is 12.7. The SMILES string of the molecule is CCC(CNC(=O)N1CCC2(O)CCCCC2C1)C(=O)O. The van der Waals surface area contributed by atoms with Crippen molar-refractivity contribution in [3.63, 3.8) is 0 Å². The van der Waals surface area contributed by atoms with E-state index in [1.807, 2.05) is 0 Å². The van der Waals surface area contributed by atoms with Crippen LogP contribution in [0.1, 0.15) is 45.4 Å². The number of aliphatic carboxylic acids is 1. The molecule has 0 bridgehead atoms. The van der Waals surface area contributed by atoms with E-state index in [2.05, 4.69) is 5.32 Å². The summed E-state index contributed by atoms with van der Waals surface area (Å²) in [6.07, 6.45) is 5.10. The summed E-state index contributed by atoms with van der Waals surface area (Å²) in [5.74, 6) is -1.25. The van der Waals surface area contributed by atoms with Crippen molar-refractivity contribution in [3.8, 4) is 0 Å². The fourth-order valence-corrected chi connectivity index (χ4v) is 3.48. The van der Waals surface area contributed by atoms with Crippen LogP contribution in [0.25, 0.3) is 0 Å². The highest BCUT2D eigenvalue weighted by atomic mass is 16.4. The lowest BCUT2D eigenvalue weighted by molar-refractivity contribution is -0.141. The number of hydrogen-bond acceptors (Lipinski definition) is 3. The molecule has 3 atom stereocenters. The molecule has 2 fully saturated rings. The average Bonchev–Trinajstić information content (AvgIpc) is 2.46. The lowest BCUT2D eigenvalue weighted by Crippen LogP contribution is -2.56. The minimum Gasteiger partial charge on any atom is -0.481 e. The van der Waals surface area contributed by atoms with E-state index < -0.39 is 17.5 Å². The highest BCUT2D eigenvalue weighted by Gasteiger charge is 2.43. The van der Waals surface area contributed by atoms with Gasteiger partial charge in [-0.05, 0) is 25.7 Å². The number of piperidine rings is 1. The Hall–Kier alpha value is -1.30. The second-order valence-electron chi connectivity index (χ2n) is 6.37. The Morgan fingerprint density at radius 3 is 2.81 bits per heavy atom. The van der Waals surface area contributed by atoms with E-state index in [4.69, 9.17) is 5.11 Å². The number of carbonyl (C=O) groups excluding carboxylic acids is 1. The minimum atomic E-state index is -0.877. The van der Waals surface area contributed by atoms with E-state index in [1.54, 1.807) is 11.8 Å². The van der Waals surface area contributed by atoms with Crippen molar-refractivity contribution in [2.75, 3.05) is 19.6 Å². The van der Waals surface area contributed by atoms with Gasteiger partial charge in [-0.2, -0.15) is 0 Å². The van der Waals surface area contributed by atoms with Crippen molar-refractivity contribution in [2.24, 2.45) is 11.8 Å². The third-order valence-corrected chi connectivity index (χ3v) is 5.06. The molecule has 0 spiro atoms. The number of aliphatic hydroxyl groups is 1. The van der Waals surface area contributed by atoms with Gasteiger partial charge in [-0.1, -0.05) is 19.8 Å². The van der Waals surface area contributed by atoms with Gasteiger partial charge in [-0.15, -0.1) is 0 Å². The van der Waals surface area contributed by atoms with Crippen LogP contribution >= 0.6 is 0 Å². The molecule has 2 amide bonds. The normalized spacial score (nSPS) is 30.4. The molecule has 0 aromatic rings. The first-order valence-corrected chi connectivity index (χ1v) is 7.94. The molecule has 6 heteroatoms. The van der Waals surface area contributed by atoms with Crippen LogP contribution in [-0.2, 0) is 4.79 Å². The molecule has 3 N–H and O–H groups in total. The molecule has 21 heavy (non-hydrogen) atoms. The van der Waals surface area contributed by atoms with Crippen molar-refractivity contribution in [3.05, 3.63) is 0 Å². The number of carboxylic acids is 1. The number of nitrogens with zero attached hydrogens (tertiary/aromatic N) is 1. The third kappa shape index (κ3) is 3.67. The van der Waals surface area contributed by atoms with Crippen LogP contribution in [0, 0.1) is 11.8 Å². The zero-order valence-corrected chi connectivity index (χ0v) is 12.7. The maximum atomic E-state index is 12.2. The number of carboxylic acid groups (broad SMARTS) is 1. The molecular formula is C15H26N2O4. The summed E-state index contributed by atoms with van der Waals surface area (Å²) in [5, 5.41) is 22.3. The van der Waals surface area contributed by atoms with Crippen LogP contribution in [0.15, 0.2) is 0 Å². The predicted molar refractivity (Wildman–Crippen MR) is 77.9 cm³/mol. The Kier molecular flexibility index (Phi) is 5.08. The van der Waals surface area contributed by atoms with Crippen LogP contribution in [0.5, 0.6) is 0 Å². The first-order valence-electron chi connectivity index (χ1n) is 7.94. The standard InChI is InChI=1S/C15H26N2O4/c1-2-11(13(18)19)9-16-14(20)17-8-7-15(21)6-4-3-5-12(15)10-17/h11-12,21H,2-10H2,1H3,(H,16,20)(H,18,19). The van der Waals surface area contributed by atoms with Gasteiger partial charge in [0.25, 0.3) is 0 Å². The second-order valence-corrected chi connectivity index (χ2v) is 6.37. The summed E-state index contributed by atoms with van der Waals surface area (Å²) in [6, 6.07) is -0.206. The predicted octanol–water partition coefficient (Wildman–Crippen LogP) is 1.43. The number of amides is 2. The van der Waals surface area contributed by atoms with Crippen molar-refractivity contribution in [1.82, 2.24) is 10.2 Å². The summed E-state index contributed by atoms with van der Waals surface area (Å²) in [5.41, 5.74) is -0.595. The van der Waals surface area contributed by atoms with Gasteiger partial charge < -0.3 is 20.4 Å². The van der Waals surface area contributed by atoms with Gasteiger partial charge in [0.2, 0.25) is 0 Å². The highest BCUT2D eigenvalue weighted by molar-refractivity contribution is 5.76. The quantitative estimate of drug-likeness (QED) is 0.732. The van der Waals surface area contributed by atoms with E-state index in [0.717, 1.165) is 25.7 Å². The fourth-order valence-electron chi connectivity index (χ4n) is 3.48. The molecule has 1 aliphatic carbocycles. The van der Waals surface area contributed by atoms with Crippen LogP contribution < -0.4 is 5.32 Å². The molecule has 2 rings (SSSR count). The number of hydrogen-bond donors (Lipinski definition) is 3. The number of nitrogens with one attached hydrogen (secondary N) is 1. The summed E-state index contributed by atoms with van der Waals surface area (Å²) in [6.45, 7) is 3.08. The van der Waals surface area contributed by atoms with Gasteiger partial charge in [0.1, 0.15) is 0 Å². The summed E-state index contributed by atoms with van der Waals surface area (Å²) in [4.78, 5) is 24.8. The molecule has 1 saturated carbocycles. The lowest BCUT2D eigenvalue weighted by Gasteiger charge is -2.47. The molecule has 2 aliphatic rings. The molecule has 1 saturated heterocycles. The van der Waals surface area contributed by atoms with E-state index in [1.165, 1.54) is 0 Å². The highest BCUT2D eigenvalue weighted by Crippen LogP contribution is 2.39. The van der Waals surface area contributed by atoms with Crippen LogP contribution in [0.2, 0.25) is 0 Å². The molecular weight excluding hydrogens is 272 g/mol. The van der Waals surface area contributed by atoms with E-state index >= 15 is 0 Å². The Bertz CT molecular complexity index is 401. The van der Waals surface area contributed by atoms with Gasteiger partial charge in [-0.25, -0.2) is 4.79 Å². The largest absolute Gasteiger partial charge is 0.481 e. The van der Waals surface area contributed by atoms with Gasteiger partial charge in [0, 0.05) is 25.6 Å². The van der Waals surface area contributed by atoms with Crippen molar-refractivity contribution < 1.29 is 19.8 Å². The van der Waals surface area contributed by atoms with Gasteiger partial charge >= 0.3 is 12.0 Å². The second kappa shape index (κ2) is 6.64. The Labute approximate surface area is 125 Å². The molecule has 1 aliphatic heterocycles. The topological polar surface area (TPSA) is 89.9 Å². The van der Waals surface area contributed by atoms with Crippen LogP contribution in [-0.4, -0.2) is 52.3 Å². The van der Waals surface area contributed by atoms with Crippen molar-refractivity contribution in [2.45, 2.75) is 51.0 Å². The van der Waals surface area contributed by atoms with Crippen LogP contribution in [0.4, 0.5) is 4.79 Å². The fraction of sp³-hybridized carbons (Fsp3) is 0.867. The van der Waals surface area contributed by atoms with Gasteiger partial charge in [0.15, 0.2) is 0 Å². The monoisotopic (exact) mass is 298 g/mol. The Balaban J connectivity index is 1.85. The average molecular weight is 298 g/mol. The third-order valence-electron chi connectivity index (χ3n) is 5.06. The first kappa shape index (κ1) is 16.1. The smallest absolute Gasteiger partial charge is 0.317 e. The summed E-state index contributed by atoms with van der Waals surface area (Å²) < 4.78 is 0. The van der Waals surface area contributed by atoms with E-state index in [9.17, 15) is 14.7 Å². The molecule has 6 nitrogen and oxygen atoms in total. The summed E-state index contributed by atoms with van der Waals surface area (Å²) >= 11 is 0. The maximum absolute atomic E-state index is 12.2. The number of urea groups is 1. The van der Waals surface area contributed by atoms with E-state index in [-0.39, 0.29) is 18.5 Å². The van der Waals surface area contributed by atoms with Crippen molar-refractivity contribution in [1.29, 1.82) is 0 Å². The molecule has 0 aromatic carbocycles. The number of rotatable bonds is 4. The number of likely N-dealkylation sites (tertiary alicyclic amines) is 1. The molecule has 1 heterocycles. The van der Waals surface area contributed by atoms with Crippen molar-refractivity contribution >= 4 is 12.0 Å². The number of carbonyl (C=O) groups is 2.